The molecule has 0 saturated heterocycles. The predicted octanol–water partition coefficient (Wildman–Crippen LogP) is 3.85. The quantitative estimate of drug-likeness (QED) is 0.841. The average molecular weight is 286 g/mol. The molecule has 0 N–H and O–H groups in total. The lowest BCUT2D eigenvalue weighted by atomic mass is 9.95. The van der Waals surface area contributed by atoms with E-state index in [0.29, 0.717) is 22.6 Å². The molecule has 0 aromatic heterocycles. The van der Waals surface area contributed by atoms with Gasteiger partial charge in [0.2, 0.25) is 0 Å². The van der Waals surface area contributed by atoms with Crippen LogP contribution in [0.1, 0.15) is 34.0 Å². The van der Waals surface area contributed by atoms with Crippen LogP contribution in [-0.2, 0) is 0 Å². The van der Waals surface area contributed by atoms with Crippen molar-refractivity contribution in [3.63, 3.8) is 0 Å². The Hall–Kier alpha value is -2.36. The van der Waals surface area contributed by atoms with Crippen LogP contribution in [0.15, 0.2) is 36.4 Å². The number of carbonyl (C=O) groups is 1. The Morgan fingerprint density at radius 1 is 1.24 bits per heavy atom. The van der Waals surface area contributed by atoms with Gasteiger partial charge in [0.25, 0.3) is 0 Å². The minimum Gasteiger partial charge on any atom is -0.497 e. The van der Waals surface area contributed by atoms with Gasteiger partial charge in [-0.1, -0.05) is 6.07 Å². The summed E-state index contributed by atoms with van der Waals surface area (Å²) in [7, 11) is 1.56. The highest BCUT2D eigenvalue weighted by atomic mass is 19.1. The molecule has 1 atom stereocenters. The number of halogens is 1. The van der Waals surface area contributed by atoms with Crippen LogP contribution in [0.5, 0.6) is 11.5 Å². The number of rotatable bonds is 2. The van der Waals surface area contributed by atoms with E-state index in [1.165, 1.54) is 6.07 Å². The molecular formula is C17H15FO3. The molecule has 1 heterocycles. The predicted molar refractivity (Wildman–Crippen MR) is 76.4 cm³/mol. The lowest BCUT2D eigenvalue weighted by molar-refractivity contribution is 0.0849. The van der Waals surface area contributed by atoms with E-state index in [9.17, 15) is 9.18 Å². The Kier molecular flexibility index (Phi) is 3.37. The number of aryl methyl sites for hydroxylation is 1. The maximum atomic E-state index is 13.3. The van der Waals surface area contributed by atoms with E-state index >= 15 is 0 Å². The first-order valence-electron chi connectivity index (χ1n) is 6.72. The molecule has 0 radical (unpaired) electrons. The van der Waals surface area contributed by atoms with Crippen molar-refractivity contribution < 1.29 is 18.7 Å². The van der Waals surface area contributed by atoms with Crippen molar-refractivity contribution >= 4 is 5.78 Å². The van der Waals surface area contributed by atoms with Crippen LogP contribution in [0.2, 0.25) is 0 Å². The Labute approximate surface area is 122 Å². The molecule has 2 aromatic rings. The molecule has 21 heavy (non-hydrogen) atoms. The number of methoxy groups -OCH3 is 1. The van der Waals surface area contributed by atoms with Crippen LogP contribution in [0, 0.1) is 12.7 Å². The second-order valence-electron chi connectivity index (χ2n) is 5.10. The summed E-state index contributed by atoms with van der Waals surface area (Å²) in [5.74, 6) is 0.911. The molecular weight excluding hydrogens is 271 g/mol. The molecule has 0 aliphatic carbocycles. The molecule has 3 rings (SSSR count). The van der Waals surface area contributed by atoms with Gasteiger partial charge in [-0.05, 0) is 48.4 Å². The van der Waals surface area contributed by atoms with Gasteiger partial charge in [-0.25, -0.2) is 4.39 Å². The standard InChI is InChI=1S/C17H15FO3/c1-10-7-11(3-5-14(10)18)17-9-15(19)13-8-12(20-2)4-6-16(13)21-17/h3-8,17H,9H2,1-2H3. The Morgan fingerprint density at radius 3 is 2.76 bits per heavy atom. The van der Waals surface area contributed by atoms with Crippen molar-refractivity contribution in [1.29, 1.82) is 0 Å². The number of Topliss-reactive ketones (excluding diaryl/α,β-unsaturated/α-hetero) is 1. The Bertz CT molecular complexity index is 709. The molecule has 108 valence electrons. The summed E-state index contributed by atoms with van der Waals surface area (Å²) in [6.45, 7) is 1.70. The first-order valence-corrected chi connectivity index (χ1v) is 6.72. The number of benzene rings is 2. The summed E-state index contributed by atoms with van der Waals surface area (Å²) in [6.07, 6.45) is -0.136. The van der Waals surface area contributed by atoms with Gasteiger partial charge in [-0.2, -0.15) is 0 Å². The van der Waals surface area contributed by atoms with E-state index in [2.05, 4.69) is 0 Å². The zero-order valence-electron chi connectivity index (χ0n) is 11.9. The molecule has 0 bridgehead atoms. The lowest BCUT2D eigenvalue weighted by Crippen LogP contribution is -2.20. The number of hydrogen-bond donors (Lipinski definition) is 0. The molecule has 0 amide bonds. The highest BCUT2D eigenvalue weighted by Gasteiger charge is 2.28. The number of hydrogen-bond acceptors (Lipinski definition) is 3. The fourth-order valence-electron chi connectivity index (χ4n) is 2.48. The maximum Gasteiger partial charge on any atom is 0.170 e. The third-order valence-electron chi connectivity index (χ3n) is 3.68. The molecule has 1 aliphatic heterocycles. The summed E-state index contributed by atoms with van der Waals surface area (Å²) in [5, 5.41) is 0. The average Bonchev–Trinajstić information content (AvgIpc) is 2.49. The number of ketones is 1. The summed E-state index contributed by atoms with van der Waals surface area (Å²) in [4.78, 5) is 12.3. The molecule has 0 spiro atoms. The molecule has 2 aromatic carbocycles. The zero-order valence-corrected chi connectivity index (χ0v) is 11.9. The lowest BCUT2D eigenvalue weighted by Gasteiger charge is -2.26. The Balaban J connectivity index is 1.94. The molecule has 1 unspecified atom stereocenters. The summed E-state index contributed by atoms with van der Waals surface area (Å²) in [5.41, 5.74) is 1.89. The number of ether oxygens (including phenoxy) is 2. The van der Waals surface area contributed by atoms with Gasteiger partial charge in [0, 0.05) is 0 Å². The molecule has 1 aliphatic rings. The first-order chi connectivity index (χ1) is 10.1. The van der Waals surface area contributed by atoms with Crippen molar-refractivity contribution in [2.24, 2.45) is 0 Å². The molecule has 0 fully saturated rings. The van der Waals surface area contributed by atoms with Gasteiger partial charge >= 0.3 is 0 Å². The van der Waals surface area contributed by atoms with Crippen LogP contribution in [0.3, 0.4) is 0 Å². The smallest absolute Gasteiger partial charge is 0.170 e. The topological polar surface area (TPSA) is 35.5 Å². The van der Waals surface area contributed by atoms with E-state index in [1.54, 1.807) is 44.4 Å². The fraction of sp³-hybridized carbons (Fsp3) is 0.235. The summed E-state index contributed by atoms with van der Waals surface area (Å²) < 4.78 is 24.3. The minimum atomic E-state index is -0.377. The molecule has 0 saturated carbocycles. The maximum absolute atomic E-state index is 13.3. The largest absolute Gasteiger partial charge is 0.497 e. The first kappa shape index (κ1) is 13.6. The zero-order chi connectivity index (χ0) is 15.0. The SMILES string of the molecule is COc1ccc2c(c1)C(=O)CC(c1ccc(F)c(C)c1)O2. The van der Waals surface area contributed by atoms with Crippen molar-refractivity contribution in [2.45, 2.75) is 19.4 Å². The van der Waals surface area contributed by atoms with Gasteiger partial charge < -0.3 is 9.47 Å². The van der Waals surface area contributed by atoms with E-state index in [0.717, 1.165) is 5.56 Å². The van der Waals surface area contributed by atoms with E-state index in [-0.39, 0.29) is 24.1 Å². The van der Waals surface area contributed by atoms with Gasteiger partial charge in [-0.15, -0.1) is 0 Å². The molecule has 4 heteroatoms. The van der Waals surface area contributed by atoms with Gasteiger partial charge in [-0.3, -0.25) is 4.79 Å². The Morgan fingerprint density at radius 2 is 2.05 bits per heavy atom. The van der Waals surface area contributed by atoms with Crippen molar-refractivity contribution in [3.8, 4) is 11.5 Å². The summed E-state index contributed by atoms with van der Waals surface area (Å²) >= 11 is 0. The number of carbonyl (C=O) groups excluding carboxylic acids is 1. The van der Waals surface area contributed by atoms with Crippen molar-refractivity contribution in [1.82, 2.24) is 0 Å². The highest BCUT2D eigenvalue weighted by molar-refractivity contribution is 6.00. The third kappa shape index (κ3) is 2.49. The van der Waals surface area contributed by atoms with Gasteiger partial charge in [0.05, 0.1) is 19.1 Å². The van der Waals surface area contributed by atoms with Gasteiger partial charge in [0.1, 0.15) is 23.4 Å². The third-order valence-corrected chi connectivity index (χ3v) is 3.68. The van der Waals surface area contributed by atoms with E-state index in [1.807, 2.05) is 0 Å². The molecule has 3 nitrogen and oxygen atoms in total. The highest BCUT2D eigenvalue weighted by Crippen LogP contribution is 2.36. The van der Waals surface area contributed by atoms with Crippen molar-refractivity contribution in [3.05, 3.63) is 58.9 Å². The van der Waals surface area contributed by atoms with Crippen LogP contribution < -0.4 is 9.47 Å². The van der Waals surface area contributed by atoms with Crippen LogP contribution in [0.4, 0.5) is 4.39 Å². The van der Waals surface area contributed by atoms with Crippen LogP contribution in [-0.4, -0.2) is 12.9 Å². The fourth-order valence-corrected chi connectivity index (χ4v) is 2.48. The monoisotopic (exact) mass is 286 g/mol. The van der Waals surface area contributed by atoms with E-state index in [4.69, 9.17) is 9.47 Å². The second kappa shape index (κ2) is 5.20. The van der Waals surface area contributed by atoms with Gasteiger partial charge in [0.15, 0.2) is 5.78 Å². The second-order valence-corrected chi connectivity index (χ2v) is 5.10. The minimum absolute atomic E-state index is 0.00197. The normalized spacial score (nSPS) is 17.1. The van der Waals surface area contributed by atoms with Crippen molar-refractivity contribution in [2.75, 3.05) is 7.11 Å². The summed E-state index contributed by atoms with van der Waals surface area (Å²) in [6, 6.07) is 9.96. The van der Waals surface area contributed by atoms with Crippen LogP contribution in [0.25, 0.3) is 0 Å². The number of fused-ring (bicyclic) bond motifs is 1. The van der Waals surface area contributed by atoms with E-state index < -0.39 is 0 Å². The van der Waals surface area contributed by atoms with Crippen LogP contribution >= 0.6 is 0 Å².